The van der Waals surface area contributed by atoms with Crippen LogP contribution in [0.2, 0.25) is 0 Å². The number of aromatic nitrogens is 1. The summed E-state index contributed by atoms with van der Waals surface area (Å²) < 4.78 is 7.09. The van der Waals surface area contributed by atoms with E-state index in [2.05, 4.69) is 39.0 Å². The lowest BCUT2D eigenvalue weighted by atomic mass is 9.87. The minimum atomic E-state index is -1.02. The molecule has 2 aliphatic rings. The van der Waals surface area contributed by atoms with Crippen LogP contribution in [0.3, 0.4) is 0 Å². The number of H-pyrrole nitrogens is 1. The van der Waals surface area contributed by atoms with Crippen molar-refractivity contribution in [2.24, 2.45) is 5.92 Å². The van der Waals surface area contributed by atoms with E-state index in [-0.39, 0.29) is 37.3 Å². The van der Waals surface area contributed by atoms with Gasteiger partial charge in [-0.15, -0.1) is 0 Å². The van der Waals surface area contributed by atoms with Crippen LogP contribution in [0, 0.1) is 9.49 Å². The maximum atomic E-state index is 13.5. The molecular weight excluding hydrogens is 597 g/mol. The molecule has 2 aliphatic carbocycles. The van der Waals surface area contributed by atoms with E-state index in [4.69, 9.17) is 4.74 Å². The Hall–Kier alpha value is -2.89. The molecule has 3 aromatic rings. The second kappa shape index (κ2) is 11.9. The highest BCUT2D eigenvalue weighted by Crippen LogP contribution is 2.35. The fraction of sp³-hybridized carbons (Fsp3) is 0.379. The second-order valence-electron chi connectivity index (χ2n) is 9.88. The number of hydrogen-bond donors (Lipinski definition) is 4. The molecular formula is C29H32IN3O5. The third kappa shape index (κ3) is 6.05. The number of aromatic amines is 1. The molecule has 9 heteroatoms. The molecule has 0 radical (unpaired) electrons. The van der Waals surface area contributed by atoms with Gasteiger partial charge in [-0.25, -0.2) is 0 Å². The zero-order chi connectivity index (χ0) is 26.6. The monoisotopic (exact) mass is 629 g/mol. The van der Waals surface area contributed by atoms with E-state index in [1.807, 2.05) is 48.5 Å². The van der Waals surface area contributed by atoms with Crippen LogP contribution in [0.4, 0.5) is 0 Å². The molecule has 2 aromatic carbocycles. The lowest BCUT2D eigenvalue weighted by Crippen LogP contribution is -2.56. The van der Waals surface area contributed by atoms with Crippen LogP contribution in [-0.4, -0.2) is 69.9 Å². The molecule has 5 rings (SSSR count). The third-order valence-corrected chi connectivity index (χ3v) is 8.02. The first-order valence-corrected chi connectivity index (χ1v) is 14.1. The molecule has 1 saturated carbocycles. The third-order valence-electron chi connectivity index (χ3n) is 7.13. The molecule has 1 fully saturated rings. The molecule has 2 amide bonds. The molecule has 0 bridgehead atoms. The topological polar surface area (TPSA) is 115 Å². The van der Waals surface area contributed by atoms with Gasteiger partial charge in [-0.1, -0.05) is 30.3 Å². The number of carbonyl (C=O) groups is 2. The Morgan fingerprint density at radius 1 is 1.13 bits per heavy atom. The Balaban J connectivity index is 1.42. The Labute approximate surface area is 235 Å². The number of aliphatic hydroxyl groups is 2. The lowest BCUT2D eigenvalue weighted by Gasteiger charge is -2.40. The number of fused-ring (bicyclic) bond motifs is 1. The Morgan fingerprint density at radius 3 is 2.63 bits per heavy atom. The maximum Gasteiger partial charge on any atom is 0.247 e. The number of benzene rings is 2. The molecule has 0 spiro atoms. The van der Waals surface area contributed by atoms with E-state index in [1.165, 1.54) is 0 Å². The molecule has 8 nitrogen and oxygen atoms in total. The second-order valence-corrected chi connectivity index (χ2v) is 11.0. The number of halogens is 1. The SMILES string of the molecule is O=C(NCCO)C1=C[C@H](Oc2ccccc2I)[C@@H](O)[C@H](N(CCc2cc3ccccc3[nH]2)C(=O)C2CC2)C1. The van der Waals surface area contributed by atoms with Gasteiger partial charge in [0.2, 0.25) is 11.8 Å². The predicted octanol–water partition coefficient (Wildman–Crippen LogP) is 3.17. The van der Waals surface area contributed by atoms with Crippen LogP contribution >= 0.6 is 22.6 Å². The molecule has 4 N–H and O–H groups in total. The van der Waals surface area contributed by atoms with E-state index in [0.717, 1.165) is 33.0 Å². The summed E-state index contributed by atoms with van der Waals surface area (Å²) in [6, 6.07) is 17.0. The standard InChI is InChI=1S/C29H32IN3O5/c30-22-6-2-4-8-25(22)38-26-17-20(28(36)31-12-14-34)16-24(27(26)35)33(29(37)18-9-10-18)13-11-21-15-19-5-1-3-7-23(19)32-21/h1-8,15,17-18,24,26-27,32,34-35H,9-14,16H2,(H,31,36)/t24-,26+,27+/m1/s1. The average molecular weight is 629 g/mol. The van der Waals surface area contributed by atoms with Gasteiger partial charge in [0.05, 0.1) is 16.2 Å². The van der Waals surface area contributed by atoms with Gasteiger partial charge in [0.15, 0.2) is 0 Å². The van der Waals surface area contributed by atoms with Crippen molar-refractivity contribution in [1.29, 1.82) is 0 Å². The fourth-order valence-electron chi connectivity index (χ4n) is 4.98. The predicted molar refractivity (Wildman–Crippen MR) is 153 cm³/mol. The van der Waals surface area contributed by atoms with Crippen LogP contribution in [0.5, 0.6) is 5.75 Å². The van der Waals surface area contributed by atoms with Crippen LogP contribution in [0.15, 0.2) is 66.2 Å². The molecule has 1 aromatic heterocycles. The van der Waals surface area contributed by atoms with Crippen LogP contribution in [0.25, 0.3) is 10.9 Å². The quantitative estimate of drug-likeness (QED) is 0.258. The highest BCUT2D eigenvalue weighted by atomic mass is 127. The first kappa shape index (κ1) is 26.7. The van der Waals surface area contributed by atoms with Crippen molar-refractivity contribution in [2.45, 2.75) is 43.9 Å². The number of rotatable bonds is 10. The number of para-hydroxylation sites is 2. The number of ether oxygens (including phenoxy) is 1. The van der Waals surface area contributed by atoms with Gasteiger partial charge in [-0.05, 0) is 71.2 Å². The maximum absolute atomic E-state index is 13.5. The Morgan fingerprint density at radius 2 is 1.89 bits per heavy atom. The normalized spacial score (nSPS) is 21.1. The number of amides is 2. The van der Waals surface area contributed by atoms with Crippen molar-refractivity contribution >= 4 is 45.3 Å². The number of nitrogens with one attached hydrogen (secondary N) is 2. The summed E-state index contributed by atoms with van der Waals surface area (Å²) in [5.74, 6) is 0.233. The van der Waals surface area contributed by atoms with Crippen LogP contribution in [0.1, 0.15) is 25.0 Å². The first-order valence-electron chi connectivity index (χ1n) is 13.0. The first-order chi connectivity index (χ1) is 18.4. The van der Waals surface area contributed by atoms with Crippen molar-refractivity contribution in [3.8, 4) is 5.75 Å². The van der Waals surface area contributed by atoms with Gasteiger partial charge in [0.25, 0.3) is 0 Å². The number of hydrogen-bond acceptors (Lipinski definition) is 5. The molecule has 0 aliphatic heterocycles. The smallest absolute Gasteiger partial charge is 0.247 e. The van der Waals surface area contributed by atoms with E-state index < -0.39 is 18.2 Å². The fourth-order valence-corrected chi connectivity index (χ4v) is 5.49. The molecule has 0 saturated heterocycles. The molecule has 3 atom stereocenters. The van der Waals surface area contributed by atoms with Gasteiger partial charge in [0, 0.05) is 48.6 Å². The van der Waals surface area contributed by atoms with Gasteiger partial charge in [-0.2, -0.15) is 0 Å². The average Bonchev–Trinajstić information content (AvgIpc) is 3.69. The Bertz CT molecular complexity index is 1300. The van der Waals surface area contributed by atoms with Crippen molar-refractivity contribution < 1.29 is 24.5 Å². The molecule has 200 valence electrons. The summed E-state index contributed by atoms with van der Waals surface area (Å²) in [4.78, 5) is 31.7. The summed E-state index contributed by atoms with van der Waals surface area (Å²) in [6.07, 6.45) is 2.28. The van der Waals surface area contributed by atoms with Gasteiger partial charge >= 0.3 is 0 Å². The van der Waals surface area contributed by atoms with E-state index in [1.54, 1.807) is 11.0 Å². The van der Waals surface area contributed by atoms with Crippen molar-refractivity contribution in [3.63, 3.8) is 0 Å². The zero-order valence-corrected chi connectivity index (χ0v) is 23.1. The van der Waals surface area contributed by atoms with Crippen molar-refractivity contribution in [1.82, 2.24) is 15.2 Å². The molecule has 38 heavy (non-hydrogen) atoms. The molecule has 0 unspecified atom stereocenters. The van der Waals surface area contributed by atoms with Crippen molar-refractivity contribution in [2.75, 3.05) is 19.7 Å². The summed E-state index contributed by atoms with van der Waals surface area (Å²) >= 11 is 2.17. The number of carbonyl (C=O) groups excluding carboxylic acids is 2. The summed E-state index contributed by atoms with van der Waals surface area (Å²) in [5.41, 5.74) is 2.48. The summed E-state index contributed by atoms with van der Waals surface area (Å²) in [7, 11) is 0. The Kier molecular flexibility index (Phi) is 8.35. The lowest BCUT2D eigenvalue weighted by molar-refractivity contribution is -0.139. The van der Waals surface area contributed by atoms with Gasteiger partial charge < -0.3 is 30.2 Å². The van der Waals surface area contributed by atoms with Crippen LogP contribution in [-0.2, 0) is 16.0 Å². The highest BCUT2D eigenvalue weighted by Gasteiger charge is 2.43. The minimum Gasteiger partial charge on any atom is -0.482 e. The minimum absolute atomic E-state index is 0.00946. The highest BCUT2D eigenvalue weighted by molar-refractivity contribution is 14.1. The largest absolute Gasteiger partial charge is 0.482 e. The van der Waals surface area contributed by atoms with E-state index in [0.29, 0.717) is 24.3 Å². The number of aliphatic hydroxyl groups excluding tert-OH is 2. The van der Waals surface area contributed by atoms with Gasteiger partial charge in [-0.3, -0.25) is 9.59 Å². The molecule has 1 heterocycles. The summed E-state index contributed by atoms with van der Waals surface area (Å²) in [6.45, 7) is 0.353. The van der Waals surface area contributed by atoms with E-state index in [9.17, 15) is 19.8 Å². The summed E-state index contributed by atoms with van der Waals surface area (Å²) in [5, 5.41) is 24.5. The zero-order valence-electron chi connectivity index (χ0n) is 21.0. The number of nitrogens with zero attached hydrogens (tertiary/aromatic N) is 1. The van der Waals surface area contributed by atoms with Crippen LogP contribution < -0.4 is 10.1 Å². The van der Waals surface area contributed by atoms with Crippen molar-refractivity contribution in [3.05, 3.63) is 75.5 Å². The van der Waals surface area contributed by atoms with E-state index >= 15 is 0 Å². The van der Waals surface area contributed by atoms with Gasteiger partial charge in [0.1, 0.15) is 18.0 Å².